The molecule has 3 aliphatic rings. The second kappa shape index (κ2) is 8.91. The third-order valence-corrected chi connectivity index (χ3v) is 8.68. The van der Waals surface area contributed by atoms with Crippen LogP contribution in [0.1, 0.15) is 71.7 Å². The van der Waals surface area contributed by atoms with E-state index in [1.165, 1.54) is 11.3 Å². The largest absolute Gasteiger partial charge is 0.369 e. The second-order valence-corrected chi connectivity index (χ2v) is 12.5. The number of amides is 2. The van der Waals surface area contributed by atoms with E-state index in [0.717, 1.165) is 61.6 Å². The molecule has 1 aromatic carbocycles. The van der Waals surface area contributed by atoms with Gasteiger partial charge in [0.25, 0.3) is 11.8 Å². The summed E-state index contributed by atoms with van der Waals surface area (Å²) in [6.45, 7) is 12.7. The number of piperazine rings is 1. The van der Waals surface area contributed by atoms with E-state index >= 15 is 0 Å². The van der Waals surface area contributed by atoms with Crippen LogP contribution in [0.2, 0.25) is 0 Å². The number of thiophene rings is 1. The first kappa shape index (κ1) is 24.3. The van der Waals surface area contributed by atoms with Crippen LogP contribution in [0, 0.1) is 0 Å². The number of nitrogens with one attached hydrogen (secondary N) is 3. The van der Waals surface area contributed by atoms with Crippen LogP contribution < -0.4 is 20.9 Å². The summed E-state index contributed by atoms with van der Waals surface area (Å²) in [6, 6.07) is 8.07. The van der Waals surface area contributed by atoms with Gasteiger partial charge in [0.2, 0.25) is 0 Å². The summed E-state index contributed by atoms with van der Waals surface area (Å²) in [7, 11) is 2.14. The van der Waals surface area contributed by atoms with Gasteiger partial charge in [-0.1, -0.05) is 0 Å². The summed E-state index contributed by atoms with van der Waals surface area (Å²) in [5.41, 5.74) is 3.00. The fraction of sp³-hybridized carbons (Fsp3) is 0.556. The molecule has 35 heavy (non-hydrogen) atoms. The average Bonchev–Trinajstić information content (AvgIpc) is 3.52. The third kappa shape index (κ3) is 5.10. The summed E-state index contributed by atoms with van der Waals surface area (Å²) in [4.78, 5) is 32.4. The maximum atomic E-state index is 13.3. The smallest absolute Gasteiger partial charge is 0.256 e. The van der Waals surface area contributed by atoms with Crippen molar-refractivity contribution in [2.45, 2.75) is 64.1 Å². The van der Waals surface area contributed by atoms with E-state index < -0.39 is 0 Å². The molecule has 0 radical (unpaired) electrons. The molecule has 1 saturated carbocycles. The molecule has 8 heteroatoms. The second-order valence-electron chi connectivity index (χ2n) is 11.5. The Kier molecular flexibility index (Phi) is 6.18. The molecule has 2 aromatic rings. The Morgan fingerprint density at radius 3 is 2.29 bits per heavy atom. The van der Waals surface area contributed by atoms with Crippen molar-refractivity contribution in [3.63, 3.8) is 0 Å². The number of anilines is 2. The van der Waals surface area contributed by atoms with E-state index in [9.17, 15) is 9.59 Å². The summed E-state index contributed by atoms with van der Waals surface area (Å²) in [6.07, 6.45) is 2.79. The molecule has 5 rings (SSSR count). The zero-order valence-corrected chi connectivity index (χ0v) is 22.3. The lowest BCUT2D eigenvalue weighted by atomic mass is 9.81. The molecule has 2 fully saturated rings. The maximum Gasteiger partial charge on any atom is 0.256 e. The Morgan fingerprint density at radius 1 is 1.00 bits per heavy atom. The Hall–Kier alpha value is -2.42. The minimum atomic E-state index is -0.288. The molecular formula is C27H37N5O2S. The van der Waals surface area contributed by atoms with Crippen LogP contribution in [0.3, 0.4) is 0 Å². The van der Waals surface area contributed by atoms with Crippen LogP contribution in [0.5, 0.6) is 0 Å². The van der Waals surface area contributed by atoms with Crippen molar-refractivity contribution in [3.05, 3.63) is 45.8 Å². The minimum absolute atomic E-state index is 0.0702. The molecule has 1 aliphatic carbocycles. The SMILES string of the molecule is CN1CCN(c2ccc(C(=O)Nc3sc4c(c3C(=O)NC3CC3)CC(C)(C)NC4(C)C)cc2)CC1. The molecule has 2 aliphatic heterocycles. The van der Waals surface area contributed by atoms with Crippen molar-refractivity contribution in [1.82, 2.24) is 15.5 Å². The molecule has 1 aromatic heterocycles. The van der Waals surface area contributed by atoms with E-state index in [1.54, 1.807) is 0 Å². The molecule has 0 atom stereocenters. The van der Waals surface area contributed by atoms with Crippen LogP contribution in [0.15, 0.2) is 24.3 Å². The number of nitrogens with zero attached hydrogens (tertiary/aromatic N) is 2. The lowest BCUT2D eigenvalue weighted by Crippen LogP contribution is -2.55. The summed E-state index contributed by atoms with van der Waals surface area (Å²) >= 11 is 1.53. The number of likely N-dealkylation sites (N-methyl/N-ethyl adjacent to an activating group) is 1. The van der Waals surface area contributed by atoms with Gasteiger partial charge in [-0.05, 0) is 83.8 Å². The first-order valence-electron chi connectivity index (χ1n) is 12.6. The average molecular weight is 496 g/mol. The Morgan fingerprint density at radius 2 is 1.66 bits per heavy atom. The van der Waals surface area contributed by atoms with E-state index in [1.807, 2.05) is 24.3 Å². The molecule has 0 unspecified atom stereocenters. The van der Waals surface area contributed by atoms with E-state index in [4.69, 9.17) is 0 Å². The number of fused-ring (bicyclic) bond motifs is 1. The van der Waals surface area contributed by atoms with Crippen molar-refractivity contribution in [3.8, 4) is 0 Å². The molecule has 2 amide bonds. The van der Waals surface area contributed by atoms with Gasteiger partial charge in [-0.3, -0.25) is 9.59 Å². The molecule has 0 bridgehead atoms. The fourth-order valence-electron chi connectivity index (χ4n) is 5.40. The normalized spacial score (nSPS) is 21.3. The first-order chi connectivity index (χ1) is 16.5. The number of hydrogen-bond donors (Lipinski definition) is 3. The van der Waals surface area contributed by atoms with E-state index in [0.29, 0.717) is 16.1 Å². The Balaban J connectivity index is 1.41. The lowest BCUT2D eigenvalue weighted by Gasteiger charge is -2.42. The van der Waals surface area contributed by atoms with Crippen LogP contribution in [-0.2, 0) is 12.0 Å². The van der Waals surface area contributed by atoms with Gasteiger partial charge in [-0.25, -0.2) is 0 Å². The number of benzene rings is 1. The highest BCUT2D eigenvalue weighted by Gasteiger charge is 2.42. The molecule has 188 valence electrons. The molecule has 1 saturated heterocycles. The fourth-order valence-corrected chi connectivity index (χ4v) is 6.67. The van der Waals surface area contributed by atoms with Gasteiger partial charge in [0.05, 0.1) is 5.56 Å². The molecule has 0 spiro atoms. The first-order valence-corrected chi connectivity index (χ1v) is 13.5. The highest BCUT2D eigenvalue weighted by atomic mass is 32.1. The van der Waals surface area contributed by atoms with Crippen molar-refractivity contribution in [2.75, 3.05) is 43.4 Å². The predicted molar refractivity (Wildman–Crippen MR) is 143 cm³/mol. The van der Waals surface area contributed by atoms with E-state index in [2.05, 4.69) is 60.5 Å². The molecular weight excluding hydrogens is 458 g/mol. The van der Waals surface area contributed by atoms with Crippen molar-refractivity contribution in [2.24, 2.45) is 0 Å². The summed E-state index contributed by atoms with van der Waals surface area (Å²) in [5.74, 6) is -0.252. The highest BCUT2D eigenvalue weighted by molar-refractivity contribution is 7.17. The maximum absolute atomic E-state index is 13.3. The summed E-state index contributed by atoms with van der Waals surface area (Å²) in [5, 5.41) is 10.6. The van der Waals surface area contributed by atoms with Crippen LogP contribution >= 0.6 is 11.3 Å². The van der Waals surface area contributed by atoms with Gasteiger partial charge in [0, 0.05) is 59.4 Å². The standard InChI is InChI=1S/C27H37N5O2S/c1-26(2)16-20-21(24(34)28-18-8-9-18)25(35-22(20)27(3,4)30-26)29-23(33)17-6-10-19(11-7-17)32-14-12-31(5)13-15-32/h6-7,10-11,18,30H,8-9,12-16H2,1-5H3,(H,28,34)(H,29,33). The lowest BCUT2D eigenvalue weighted by molar-refractivity contribution is 0.0950. The third-order valence-electron chi connectivity index (χ3n) is 7.21. The Bertz CT molecular complexity index is 1130. The van der Waals surface area contributed by atoms with Crippen molar-refractivity contribution < 1.29 is 9.59 Å². The van der Waals surface area contributed by atoms with Gasteiger partial charge >= 0.3 is 0 Å². The van der Waals surface area contributed by atoms with Crippen LogP contribution in [-0.4, -0.2) is 61.5 Å². The minimum Gasteiger partial charge on any atom is -0.369 e. The van der Waals surface area contributed by atoms with Crippen molar-refractivity contribution in [1.29, 1.82) is 0 Å². The zero-order chi connectivity index (χ0) is 25.0. The number of carbonyl (C=O) groups excluding carboxylic acids is 2. The molecule has 3 N–H and O–H groups in total. The van der Waals surface area contributed by atoms with Crippen LogP contribution in [0.25, 0.3) is 0 Å². The number of carbonyl (C=O) groups is 2. The van der Waals surface area contributed by atoms with Gasteiger partial charge in [0.1, 0.15) is 5.00 Å². The van der Waals surface area contributed by atoms with Gasteiger partial charge in [-0.2, -0.15) is 0 Å². The summed E-state index contributed by atoms with van der Waals surface area (Å²) < 4.78 is 0. The Labute approximate surface area is 212 Å². The number of hydrogen-bond acceptors (Lipinski definition) is 6. The van der Waals surface area contributed by atoms with E-state index in [-0.39, 0.29) is 28.9 Å². The number of rotatable bonds is 5. The zero-order valence-electron chi connectivity index (χ0n) is 21.5. The van der Waals surface area contributed by atoms with Crippen LogP contribution in [0.4, 0.5) is 10.7 Å². The predicted octanol–water partition coefficient (Wildman–Crippen LogP) is 3.80. The topological polar surface area (TPSA) is 76.7 Å². The van der Waals surface area contributed by atoms with Gasteiger partial charge < -0.3 is 25.8 Å². The molecule has 3 heterocycles. The van der Waals surface area contributed by atoms with Gasteiger partial charge in [0.15, 0.2) is 0 Å². The van der Waals surface area contributed by atoms with Gasteiger partial charge in [-0.15, -0.1) is 11.3 Å². The quantitative estimate of drug-likeness (QED) is 0.588. The molecule has 7 nitrogen and oxygen atoms in total. The highest BCUT2D eigenvalue weighted by Crippen LogP contribution is 2.45. The van der Waals surface area contributed by atoms with Crippen molar-refractivity contribution >= 4 is 33.8 Å². The monoisotopic (exact) mass is 495 g/mol.